The molecular formula is C14H17F4NO2. The SMILES string of the molecule is COc1ccc(C(C)(C)C)cc1NC(=O)C(F)(F)C(F)F. The van der Waals surface area contributed by atoms with Gasteiger partial charge >= 0.3 is 18.3 Å². The molecule has 0 aliphatic carbocycles. The van der Waals surface area contributed by atoms with Crippen molar-refractivity contribution in [2.24, 2.45) is 0 Å². The quantitative estimate of drug-likeness (QED) is 0.859. The van der Waals surface area contributed by atoms with Gasteiger partial charge in [0.15, 0.2) is 0 Å². The first-order valence-corrected chi connectivity index (χ1v) is 6.16. The molecule has 0 bridgehead atoms. The Bertz CT molecular complexity index is 524. The van der Waals surface area contributed by atoms with Gasteiger partial charge in [0, 0.05) is 0 Å². The van der Waals surface area contributed by atoms with E-state index < -0.39 is 18.3 Å². The van der Waals surface area contributed by atoms with Crippen LogP contribution in [-0.4, -0.2) is 25.4 Å². The Labute approximate surface area is 120 Å². The summed E-state index contributed by atoms with van der Waals surface area (Å²) in [6.07, 6.45) is -4.07. The first-order chi connectivity index (χ1) is 9.50. The molecule has 0 heterocycles. The van der Waals surface area contributed by atoms with Crippen LogP contribution >= 0.6 is 0 Å². The summed E-state index contributed by atoms with van der Waals surface area (Å²) in [6.45, 7) is 5.65. The third-order valence-electron chi connectivity index (χ3n) is 2.89. The number of anilines is 1. The van der Waals surface area contributed by atoms with E-state index >= 15 is 0 Å². The van der Waals surface area contributed by atoms with Crippen LogP contribution in [0.15, 0.2) is 18.2 Å². The molecule has 0 aliphatic heterocycles. The number of halogens is 4. The molecule has 0 saturated heterocycles. The zero-order valence-corrected chi connectivity index (χ0v) is 12.1. The van der Waals surface area contributed by atoms with Gasteiger partial charge in [-0.05, 0) is 23.1 Å². The third kappa shape index (κ3) is 3.86. The molecule has 0 aliphatic rings. The molecule has 0 saturated carbocycles. The number of carbonyl (C=O) groups excluding carboxylic acids is 1. The zero-order chi connectivity index (χ0) is 16.4. The van der Waals surface area contributed by atoms with Crippen LogP contribution in [0.4, 0.5) is 23.2 Å². The summed E-state index contributed by atoms with van der Waals surface area (Å²) in [6, 6.07) is 4.62. The molecule has 0 unspecified atom stereocenters. The average Bonchev–Trinajstić information content (AvgIpc) is 2.37. The van der Waals surface area contributed by atoms with E-state index in [1.807, 2.05) is 20.8 Å². The van der Waals surface area contributed by atoms with Crippen molar-refractivity contribution >= 4 is 11.6 Å². The van der Waals surface area contributed by atoms with E-state index in [-0.39, 0.29) is 16.9 Å². The number of amides is 1. The number of hydrogen-bond donors (Lipinski definition) is 1. The zero-order valence-electron chi connectivity index (χ0n) is 12.1. The summed E-state index contributed by atoms with van der Waals surface area (Å²) in [5, 5.41) is 1.80. The molecule has 0 fully saturated rings. The van der Waals surface area contributed by atoms with Gasteiger partial charge in [-0.15, -0.1) is 0 Å². The minimum absolute atomic E-state index is 0.0738. The lowest BCUT2D eigenvalue weighted by atomic mass is 9.87. The molecule has 21 heavy (non-hydrogen) atoms. The standard InChI is InChI=1S/C14H17F4NO2/c1-13(2,3)8-5-6-10(21-4)9(7-8)19-12(20)14(17,18)11(15)16/h5-7,11H,1-4H3,(H,19,20). The van der Waals surface area contributed by atoms with E-state index in [4.69, 9.17) is 4.74 Å². The van der Waals surface area contributed by atoms with E-state index in [0.717, 1.165) is 5.56 Å². The fraction of sp³-hybridized carbons (Fsp3) is 0.500. The van der Waals surface area contributed by atoms with E-state index in [9.17, 15) is 22.4 Å². The maximum Gasteiger partial charge on any atom is 0.383 e. The van der Waals surface area contributed by atoms with Crippen LogP contribution in [0.25, 0.3) is 0 Å². The Morgan fingerprint density at radius 2 is 1.81 bits per heavy atom. The van der Waals surface area contributed by atoms with Crippen LogP contribution in [0, 0.1) is 0 Å². The first-order valence-electron chi connectivity index (χ1n) is 6.16. The Kier molecular flexibility index (Phi) is 4.86. The maximum absolute atomic E-state index is 13.0. The van der Waals surface area contributed by atoms with Gasteiger partial charge < -0.3 is 10.1 Å². The largest absolute Gasteiger partial charge is 0.495 e. The Morgan fingerprint density at radius 1 is 1.24 bits per heavy atom. The van der Waals surface area contributed by atoms with Gasteiger partial charge in [-0.2, -0.15) is 8.78 Å². The Morgan fingerprint density at radius 3 is 2.24 bits per heavy atom. The highest BCUT2D eigenvalue weighted by molar-refractivity contribution is 5.97. The monoisotopic (exact) mass is 307 g/mol. The van der Waals surface area contributed by atoms with Crippen LogP contribution < -0.4 is 10.1 Å². The fourth-order valence-electron chi connectivity index (χ4n) is 1.58. The number of nitrogens with one attached hydrogen (secondary N) is 1. The predicted molar refractivity (Wildman–Crippen MR) is 71.3 cm³/mol. The smallest absolute Gasteiger partial charge is 0.383 e. The highest BCUT2D eigenvalue weighted by atomic mass is 19.3. The summed E-state index contributed by atoms with van der Waals surface area (Å²) in [5.41, 5.74) is 0.353. The van der Waals surface area contributed by atoms with Crippen molar-refractivity contribution in [3.05, 3.63) is 23.8 Å². The molecular weight excluding hydrogens is 290 g/mol. The van der Waals surface area contributed by atoms with E-state index in [2.05, 4.69) is 0 Å². The Balaban J connectivity index is 3.15. The van der Waals surface area contributed by atoms with E-state index in [1.165, 1.54) is 19.2 Å². The molecule has 1 amide bonds. The molecule has 1 aromatic carbocycles. The normalized spacial score (nSPS) is 12.4. The maximum atomic E-state index is 13.0. The molecule has 0 radical (unpaired) electrons. The van der Waals surface area contributed by atoms with Crippen molar-refractivity contribution < 1.29 is 27.1 Å². The van der Waals surface area contributed by atoms with Gasteiger partial charge in [0.2, 0.25) is 0 Å². The molecule has 3 nitrogen and oxygen atoms in total. The Hall–Kier alpha value is -1.79. The molecule has 1 aromatic rings. The summed E-state index contributed by atoms with van der Waals surface area (Å²) in [7, 11) is 1.28. The van der Waals surface area contributed by atoms with Gasteiger partial charge in [0.05, 0.1) is 12.8 Å². The van der Waals surface area contributed by atoms with Crippen LogP contribution in [0.5, 0.6) is 5.75 Å². The molecule has 1 rings (SSSR count). The van der Waals surface area contributed by atoms with E-state index in [0.29, 0.717) is 0 Å². The number of methoxy groups -OCH3 is 1. The second kappa shape index (κ2) is 5.91. The molecule has 0 atom stereocenters. The number of rotatable bonds is 4. The van der Waals surface area contributed by atoms with Gasteiger partial charge in [0.25, 0.3) is 0 Å². The van der Waals surface area contributed by atoms with Gasteiger partial charge in [-0.25, -0.2) is 8.78 Å². The first kappa shape index (κ1) is 17.3. The van der Waals surface area contributed by atoms with Crippen LogP contribution in [-0.2, 0) is 10.2 Å². The van der Waals surface area contributed by atoms with Crippen molar-refractivity contribution in [3.63, 3.8) is 0 Å². The van der Waals surface area contributed by atoms with Crippen LogP contribution in [0.3, 0.4) is 0 Å². The summed E-state index contributed by atoms with van der Waals surface area (Å²) in [4.78, 5) is 11.3. The molecule has 0 aromatic heterocycles. The number of alkyl halides is 4. The van der Waals surface area contributed by atoms with Crippen molar-refractivity contribution in [2.45, 2.75) is 38.5 Å². The summed E-state index contributed by atoms with van der Waals surface area (Å²) in [5.74, 6) is -6.72. The van der Waals surface area contributed by atoms with E-state index in [1.54, 1.807) is 11.4 Å². The fourth-order valence-corrected chi connectivity index (χ4v) is 1.58. The van der Waals surface area contributed by atoms with Crippen molar-refractivity contribution in [1.82, 2.24) is 0 Å². The minimum Gasteiger partial charge on any atom is -0.495 e. The number of hydrogen-bond acceptors (Lipinski definition) is 2. The average molecular weight is 307 g/mol. The minimum atomic E-state index is -4.76. The van der Waals surface area contributed by atoms with Crippen LogP contribution in [0.1, 0.15) is 26.3 Å². The summed E-state index contributed by atoms with van der Waals surface area (Å²) >= 11 is 0. The second-order valence-electron chi connectivity index (χ2n) is 5.54. The van der Waals surface area contributed by atoms with Gasteiger partial charge in [0.1, 0.15) is 5.75 Å². The molecule has 1 N–H and O–H groups in total. The number of ether oxygens (including phenoxy) is 1. The molecule has 118 valence electrons. The van der Waals surface area contributed by atoms with Crippen molar-refractivity contribution in [3.8, 4) is 5.75 Å². The van der Waals surface area contributed by atoms with Gasteiger partial charge in [-0.1, -0.05) is 26.8 Å². The lowest BCUT2D eigenvalue weighted by molar-refractivity contribution is -0.163. The number of carbonyl (C=O) groups is 1. The predicted octanol–water partition coefficient (Wildman–Crippen LogP) is 3.83. The van der Waals surface area contributed by atoms with Crippen molar-refractivity contribution in [2.75, 3.05) is 12.4 Å². The van der Waals surface area contributed by atoms with Crippen molar-refractivity contribution in [1.29, 1.82) is 0 Å². The second-order valence-corrected chi connectivity index (χ2v) is 5.54. The number of benzene rings is 1. The lowest BCUT2D eigenvalue weighted by Crippen LogP contribution is -2.41. The van der Waals surface area contributed by atoms with Gasteiger partial charge in [-0.3, -0.25) is 4.79 Å². The highest BCUT2D eigenvalue weighted by Crippen LogP contribution is 2.33. The summed E-state index contributed by atoms with van der Waals surface area (Å²) < 4.78 is 55.3. The third-order valence-corrected chi connectivity index (χ3v) is 2.89. The van der Waals surface area contributed by atoms with Crippen LogP contribution in [0.2, 0.25) is 0 Å². The molecule has 7 heteroatoms. The highest BCUT2D eigenvalue weighted by Gasteiger charge is 2.49. The lowest BCUT2D eigenvalue weighted by Gasteiger charge is -2.22. The molecule has 0 spiro atoms. The topological polar surface area (TPSA) is 38.3 Å².